The van der Waals surface area contributed by atoms with Gasteiger partial charge in [0.05, 0.1) is 4.90 Å². The molecule has 1 N–H and O–H groups in total. The summed E-state index contributed by atoms with van der Waals surface area (Å²) < 4.78 is 32.8. The molecule has 1 atom stereocenters. The molecule has 1 saturated heterocycles. The van der Waals surface area contributed by atoms with E-state index in [-0.39, 0.29) is 10.8 Å². The van der Waals surface area contributed by atoms with Crippen molar-refractivity contribution in [2.24, 2.45) is 0 Å². The molecule has 0 bridgehead atoms. The van der Waals surface area contributed by atoms with Crippen molar-refractivity contribution < 1.29 is 17.9 Å². The lowest BCUT2D eigenvalue weighted by Crippen LogP contribution is -2.35. The number of rotatable bonds is 6. The average molecular weight is 417 g/mol. The maximum Gasteiger partial charge on any atom is 0.265 e. The summed E-state index contributed by atoms with van der Waals surface area (Å²) in [5.74, 6) is 0.414. The number of sulfonamides is 1. The van der Waals surface area contributed by atoms with Crippen LogP contribution in [0, 0.1) is 13.8 Å². The molecule has 0 unspecified atom stereocenters. The third kappa shape index (κ3) is 4.97. The van der Waals surface area contributed by atoms with Crippen molar-refractivity contribution >= 4 is 21.6 Å². The van der Waals surface area contributed by atoms with Crippen LogP contribution in [0.2, 0.25) is 0 Å². The van der Waals surface area contributed by atoms with Gasteiger partial charge < -0.3 is 10.1 Å². The van der Waals surface area contributed by atoms with E-state index in [0.717, 1.165) is 30.4 Å². The number of carbonyl (C=O) groups is 1. The molecular weight excluding hydrogens is 388 g/mol. The number of amides is 1. The number of ether oxygens (including phenoxy) is 1. The second-order valence-electron chi connectivity index (χ2n) is 7.46. The van der Waals surface area contributed by atoms with Crippen molar-refractivity contribution in [2.75, 3.05) is 18.4 Å². The SMILES string of the molecule is Cc1cccc(C)c1O[C@@H](C)C(=O)Nc1ccc(S(=O)(=O)N2CCCCC2)cc1. The molecule has 156 valence electrons. The Hall–Kier alpha value is -2.38. The van der Waals surface area contributed by atoms with Crippen LogP contribution in [0.3, 0.4) is 0 Å². The van der Waals surface area contributed by atoms with Crippen molar-refractivity contribution in [3.05, 3.63) is 53.6 Å². The van der Waals surface area contributed by atoms with Gasteiger partial charge in [0.25, 0.3) is 5.91 Å². The molecule has 1 fully saturated rings. The zero-order valence-electron chi connectivity index (χ0n) is 17.1. The highest BCUT2D eigenvalue weighted by Crippen LogP contribution is 2.25. The fourth-order valence-electron chi connectivity index (χ4n) is 3.42. The van der Waals surface area contributed by atoms with Crippen LogP contribution in [0.25, 0.3) is 0 Å². The van der Waals surface area contributed by atoms with E-state index < -0.39 is 16.1 Å². The number of anilines is 1. The van der Waals surface area contributed by atoms with Crippen molar-refractivity contribution in [2.45, 2.75) is 51.0 Å². The first kappa shape index (κ1) is 21.3. The number of hydrogen-bond acceptors (Lipinski definition) is 4. The zero-order valence-corrected chi connectivity index (χ0v) is 18.0. The van der Waals surface area contributed by atoms with Gasteiger partial charge in [0, 0.05) is 18.8 Å². The van der Waals surface area contributed by atoms with Crippen LogP contribution < -0.4 is 10.1 Å². The summed E-state index contributed by atoms with van der Waals surface area (Å²) in [7, 11) is -3.48. The molecule has 3 rings (SSSR count). The largest absolute Gasteiger partial charge is 0.480 e. The highest BCUT2D eigenvalue weighted by Gasteiger charge is 2.26. The Morgan fingerprint density at radius 3 is 2.17 bits per heavy atom. The summed E-state index contributed by atoms with van der Waals surface area (Å²) in [6.45, 7) is 6.70. The molecule has 29 heavy (non-hydrogen) atoms. The fourth-order valence-corrected chi connectivity index (χ4v) is 4.94. The number of nitrogens with zero attached hydrogens (tertiary/aromatic N) is 1. The van der Waals surface area contributed by atoms with Gasteiger partial charge in [-0.1, -0.05) is 24.6 Å². The molecule has 0 saturated carbocycles. The molecule has 1 aliphatic rings. The van der Waals surface area contributed by atoms with Gasteiger partial charge in [0.1, 0.15) is 5.75 Å². The molecule has 1 amide bonds. The van der Waals surface area contributed by atoms with E-state index in [1.54, 1.807) is 19.1 Å². The summed E-state index contributed by atoms with van der Waals surface area (Å²) in [5.41, 5.74) is 2.47. The zero-order chi connectivity index (χ0) is 21.0. The Morgan fingerprint density at radius 1 is 1.00 bits per heavy atom. The normalized spacial score (nSPS) is 16.2. The number of para-hydroxylation sites is 1. The van der Waals surface area contributed by atoms with E-state index in [1.807, 2.05) is 32.0 Å². The van der Waals surface area contributed by atoms with Crippen LogP contribution in [-0.4, -0.2) is 37.8 Å². The fraction of sp³-hybridized carbons (Fsp3) is 0.409. The standard InChI is InChI=1S/C22H28N2O4S/c1-16-8-7-9-17(2)21(16)28-18(3)22(25)23-19-10-12-20(13-11-19)29(26,27)24-14-5-4-6-15-24/h7-13,18H,4-6,14-15H2,1-3H3,(H,23,25)/t18-/m0/s1. The molecule has 0 radical (unpaired) electrons. The Kier molecular flexibility index (Phi) is 6.59. The molecule has 1 aliphatic heterocycles. The average Bonchev–Trinajstić information content (AvgIpc) is 2.71. The summed E-state index contributed by atoms with van der Waals surface area (Å²) >= 11 is 0. The smallest absolute Gasteiger partial charge is 0.265 e. The van der Waals surface area contributed by atoms with Crippen LogP contribution in [-0.2, 0) is 14.8 Å². The number of carbonyl (C=O) groups excluding carboxylic acids is 1. The van der Waals surface area contributed by atoms with Crippen LogP contribution in [0.5, 0.6) is 5.75 Å². The minimum Gasteiger partial charge on any atom is -0.480 e. The Balaban J connectivity index is 1.65. The minimum atomic E-state index is -3.48. The molecule has 2 aromatic carbocycles. The quantitative estimate of drug-likeness (QED) is 0.775. The summed E-state index contributed by atoms with van der Waals surface area (Å²) in [6.07, 6.45) is 2.17. The minimum absolute atomic E-state index is 0.247. The topological polar surface area (TPSA) is 75.7 Å². The number of hydrogen-bond donors (Lipinski definition) is 1. The van der Waals surface area contributed by atoms with E-state index in [4.69, 9.17) is 4.74 Å². The molecule has 0 aromatic heterocycles. The van der Waals surface area contributed by atoms with Crippen LogP contribution in [0.1, 0.15) is 37.3 Å². The second-order valence-corrected chi connectivity index (χ2v) is 9.40. The van der Waals surface area contributed by atoms with Crippen LogP contribution >= 0.6 is 0 Å². The van der Waals surface area contributed by atoms with Gasteiger partial charge in [-0.05, 0) is 69.0 Å². The van der Waals surface area contributed by atoms with Crippen LogP contribution in [0.15, 0.2) is 47.4 Å². The molecular formula is C22H28N2O4S. The van der Waals surface area contributed by atoms with Gasteiger partial charge >= 0.3 is 0 Å². The maximum atomic E-state index is 12.7. The van der Waals surface area contributed by atoms with Crippen LogP contribution in [0.4, 0.5) is 5.69 Å². The molecule has 1 heterocycles. The van der Waals surface area contributed by atoms with Crippen molar-refractivity contribution in [1.82, 2.24) is 4.31 Å². The highest BCUT2D eigenvalue weighted by molar-refractivity contribution is 7.89. The maximum absolute atomic E-state index is 12.7. The molecule has 7 heteroatoms. The van der Waals surface area contributed by atoms with E-state index in [2.05, 4.69) is 5.32 Å². The Morgan fingerprint density at radius 2 is 1.59 bits per heavy atom. The summed E-state index contributed by atoms with van der Waals surface area (Å²) in [6, 6.07) is 12.1. The number of benzene rings is 2. The van der Waals surface area contributed by atoms with Crippen molar-refractivity contribution in [3.8, 4) is 5.75 Å². The Labute approximate surface area is 172 Å². The van der Waals surface area contributed by atoms with E-state index >= 15 is 0 Å². The van der Waals surface area contributed by atoms with Crippen molar-refractivity contribution in [1.29, 1.82) is 0 Å². The van der Waals surface area contributed by atoms with Crippen molar-refractivity contribution in [3.63, 3.8) is 0 Å². The third-order valence-corrected chi connectivity index (χ3v) is 7.06. The van der Waals surface area contributed by atoms with Gasteiger partial charge in [0.15, 0.2) is 6.10 Å². The molecule has 6 nitrogen and oxygen atoms in total. The third-order valence-electron chi connectivity index (χ3n) is 5.15. The monoisotopic (exact) mass is 416 g/mol. The lowest BCUT2D eigenvalue weighted by molar-refractivity contribution is -0.122. The Bertz CT molecular complexity index is 945. The predicted octanol–water partition coefficient (Wildman–Crippen LogP) is 3.88. The van der Waals surface area contributed by atoms with E-state index in [9.17, 15) is 13.2 Å². The summed E-state index contributed by atoms with van der Waals surface area (Å²) in [5, 5.41) is 2.79. The molecule has 0 spiro atoms. The first-order chi connectivity index (χ1) is 13.8. The van der Waals surface area contributed by atoms with E-state index in [1.165, 1.54) is 16.4 Å². The molecule has 2 aromatic rings. The first-order valence-electron chi connectivity index (χ1n) is 9.93. The van der Waals surface area contributed by atoms with Gasteiger partial charge in [0.2, 0.25) is 10.0 Å². The second kappa shape index (κ2) is 8.97. The van der Waals surface area contributed by atoms with Gasteiger partial charge in [-0.15, -0.1) is 0 Å². The lowest BCUT2D eigenvalue weighted by Gasteiger charge is -2.25. The number of nitrogens with one attached hydrogen (secondary N) is 1. The number of piperidine rings is 1. The van der Waals surface area contributed by atoms with Gasteiger partial charge in [-0.25, -0.2) is 8.42 Å². The van der Waals surface area contributed by atoms with Gasteiger partial charge in [-0.3, -0.25) is 4.79 Å². The molecule has 0 aliphatic carbocycles. The first-order valence-corrected chi connectivity index (χ1v) is 11.4. The summed E-state index contributed by atoms with van der Waals surface area (Å²) in [4.78, 5) is 12.8. The highest BCUT2D eigenvalue weighted by atomic mass is 32.2. The predicted molar refractivity (Wildman–Crippen MR) is 114 cm³/mol. The number of aryl methyl sites for hydroxylation is 2. The lowest BCUT2D eigenvalue weighted by atomic mass is 10.1. The van der Waals surface area contributed by atoms with Gasteiger partial charge in [-0.2, -0.15) is 4.31 Å². The van der Waals surface area contributed by atoms with E-state index in [0.29, 0.717) is 24.5 Å².